The van der Waals surface area contributed by atoms with Gasteiger partial charge < -0.3 is 4.74 Å². The molecule has 2 unspecified atom stereocenters. The van der Waals surface area contributed by atoms with E-state index < -0.39 is 10.2 Å². The summed E-state index contributed by atoms with van der Waals surface area (Å²) in [7, 11) is -2.08. The number of halogens is 1. The largest absolute Gasteiger partial charge is 0.496 e. The summed E-state index contributed by atoms with van der Waals surface area (Å²) in [6, 6.07) is 13.2. The molecule has 0 bridgehead atoms. The van der Waals surface area contributed by atoms with Gasteiger partial charge in [0.1, 0.15) is 5.75 Å². The summed E-state index contributed by atoms with van der Waals surface area (Å²) in [5, 5.41) is 5.73. The van der Waals surface area contributed by atoms with Gasteiger partial charge >= 0.3 is 0 Å². The number of nitrogens with one attached hydrogen (secondary N) is 1. The molecule has 0 radical (unpaired) electrons. The molecule has 2 aromatic rings. The molecule has 1 aliphatic carbocycles. The molecule has 5 nitrogen and oxygen atoms in total. The zero-order chi connectivity index (χ0) is 19.8. The summed E-state index contributed by atoms with van der Waals surface area (Å²) in [4.78, 5) is 0. The molecule has 0 aliphatic heterocycles. The third-order valence-electron chi connectivity index (χ3n) is 5.55. The highest BCUT2D eigenvalue weighted by Gasteiger charge is 2.57. The number of anilines is 1. The Hall–Kier alpha value is -1.76. The number of rotatable bonds is 7. The van der Waals surface area contributed by atoms with E-state index in [1.165, 1.54) is 5.56 Å². The van der Waals surface area contributed by atoms with E-state index in [1.54, 1.807) is 19.2 Å². The first kappa shape index (κ1) is 20.0. The Morgan fingerprint density at radius 3 is 2.44 bits per heavy atom. The number of nitrogens with two attached hydrogens (primary N) is 1. The topological polar surface area (TPSA) is 81.4 Å². The quantitative estimate of drug-likeness (QED) is 0.715. The molecule has 0 amide bonds. The van der Waals surface area contributed by atoms with Crippen molar-refractivity contribution in [2.24, 2.45) is 16.5 Å². The van der Waals surface area contributed by atoms with E-state index in [9.17, 15) is 8.42 Å². The van der Waals surface area contributed by atoms with Crippen LogP contribution in [0, 0.1) is 11.3 Å². The summed E-state index contributed by atoms with van der Waals surface area (Å²) >= 11 is 6.13. The molecule has 0 saturated heterocycles. The highest BCUT2D eigenvalue weighted by Crippen LogP contribution is 2.66. The van der Waals surface area contributed by atoms with Crippen LogP contribution in [-0.4, -0.2) is 15.5 Å². The summed E-state index contributed by atoms with van der Waals surface area (Å²) in [6.45, 7) is 4.54. The first-order chi connectivity index (χ1) is 12.6. The fourth-order valence-corrected chi connectivity index (χ4v) is 4.78. The number of ether oxygens (including phenoxy) is 1. The fourth-order valence-electron chi connectivity index (χ4n) is 4.12. The van der Waals surface area contributed by atoms with Crippen LogP contribution in [-0.2, 0) is 16.6 Å². The highest BCUT2D eigenvalue weighted by atomic mass is 35.5. The van der Waals surface area contributed by atoms with Crippen molar-refractivity contribution in [2.45, 2.75) is 32.6 Å². The summed E-state index contributed by atoms with van der Waals surface area (Å²) in [5.74, 6) is 1.84. The van der Waals surface area contributed by atoms with Gasteiger partial charge in [-0.05, 0) is 71.6 Å². The molecule has 1 aliphatic rings. The molecule has 0 heterocycles. The molecule has 2 atom stereocenters. The lowest BCUT2D eigenvalue weighted by molar-refractivity contribution is 0.407. The number of aryl methyl sites for hydroxylation is 1. The minimum Gasteiger partial charge on any atom is -0.496 e. The molecule has 3 rings (SSSR count). The zero-order valence-electron chi connectivity index (χ0n) is 15.7. The van der Waals surface area contributed by atoms with Crippen molar-refractivity contribution < 1.29 is 13.2 Å². The second-order valence-corrected chi connectivity index (χ2v) is 9.40. The van der Waals surface area contributed by atoms with Crippen molar-refractivity contribution in [3.05, 3.63) is 58.6 Å². The molecule has 146 valence electrons. The van der Waals surface area contributed by atoms with E-state index >= 15 is 0 Å². The van der Waals surface area contributed by atoms with Gasteiger partial charge in [0.05, 0.1) is 7.11 Å². The van der Waals surface area contributed by atoms with Crippen molar-refractivity contribution in [3.8, 4) is 5.75 Å². The van der Waals surface area contributed by atoms with E-state index in [-0.39, 0.29) is 5.41 Å². The Morgan fingerprint density at radius 1 is 1.19 bits per heavy atom. The predicted octanol–water partition coefficient (Wildman–Crippen LogP) is 4.34. The smallest absolute Gasteiger partial charge is 0.296 e. The first-order valence-electron chi connectivity index (χ1n) is 8.85. The lowest BCUT2D eigenvalue weighted by Gasteiger charge is -2.09. The molecule has 2 aromatic carbocycles. The van der Waals surface area contributed by atoms with Gasteiger partial charge in [-0.25, -0.2) is 5.14 Å². The minimum atomic E-state index is -3.75. The van der Waals surface area contributed by atoms with Crippen LogP contribution in [0.1, 0.15) is 37.3 Å². The van der Waals surface area contributed by atoms with Gasteiger partial charge in [-0.3, -0.25) is 4.72 Å². The Bertz CT molecular complexity index is 927. The Kier molecular flexibility index (Phi) is 5.43. The van der Waals surface area contributed by atoms with Crippen molar-refractivity contribution >= 4 is 27.5 Å². The van der Waals surface area contributed by atoms with Gasteiger partial charge in [-0.15, -0.1) is 0 Å². The molecule has 7 heteroatoms. The maximum absolute atomic E-state index is 11.1. The van der Waals surface area contributed by atoms with Gasteiger partial charge in [-0.1, -0.05) is 37.6 Å². The van der Waals surface area contributed by atoms with E-state index in [0.29, 0.717) is 17.5 Å². The van der Waals surface area contributed by atoms with Crippen LogP contribution in [0.2, 0.25) is 5.02 Å². The summed E-state index contributed by atoms with van der Waals surface area (Å²) < 4.78 is 30.0. The third kappa shape index (κ3) is 4.57. The van der Waals surface area contributed by atoms with Crippen LogP contribution < -0.4 is 14.6 Å². The van der Waals surface area contributed by atoms with Crippen molar-refractivity contribution in [2.75, 3.05) is 11.8 Å². The first-order valence-corrected chi connectivity index (χ1v) is 10.8. The maximum Gasteiger partial charge on any atom is 0.296 e. The minimum absolute atomic E-state index is 0.195. The van der Waals surface area contributed by atoms with Crippen LogP contribution in [0.15, 0.2) is 42.5 Å². The third-order valence-corrected chi connectivity index (χ3v) is 6.30. The number of hydrogen-bond acceptors (Lipinski definition) is 3. The van der Waals surface area contributed by atoms with Crippen molar-refractivity contribution in [1.29, 1.82) is 0 Å². The number of hydrogen-bond donors (Lipinski definition) is 2. The van der Waals surface area contributed by atoms with E-state index in [2.05, 4.69) is 18.6 Å². The van der Waals surface area contributed by atoms with Gasteiger partial charge in [0.2, 0.25) is 0 Å². The second-order valence-electron chi connectivity index (χ2n) is 7.67. The predicted molar refractivity (Wildman–Crippen MR) is 110 cm³/mol. The van der Waals surface area contributed by atoms with Crippen LogP contribution >= 0.6 is 11.6 Å². The number of methoxy groups -OCH3 is 1. The molecular formula is C20H25ClN2O3S. The van der Waals surface area contributed by atoms with Crippen LogP contribution in [0.25, 0.3) is 0 Å². The van der Waals surface area contributed by atoms with E-state index in [1.807, 2.05) is 30.3 Å². The van der Waals surface area contributed by atoms with E-state index in [4.69, 9.17) is 21.5 Å². The highest BCUT2D eigenvalue weighted by molar-refractivity contribution is 7.90. The fraction of sp³-hybridized carbons (Fsp3) is 0.400. The van der Waals surface area contributed by atoms with Crippen LogP contribution in [0.5, 0.6) is 5.75 Å². The average molecular weight is 409 g/mol. The molecule has 27 heavy (non-hydrogen) atoms. The van der Waals surface area contributed by atoms with Gasteiger partial charge in [-0.2, -0.15) is 8.42 Å². The van der Waals surface area contributed by atoms with Crippen LogP contribution in [0.4, 0.5) is 5.69 Å². The van der Waals surface area contributed by atoms with Crippen molar-refractivity contribution in [1.82, 2.24) is 0 Å². The standard InChI is InChI=1S/C20H25ClN2O3S/c1-20(2)17(10-6-14-12-15(21)7-11-18(14)26-3)19(20)13-4-8-16(9-5-13)23-27(22,24)25/h4-5,7-9,11-12,17,19,23H,6,10H2,1-3H3,(H2,22,24,25). The SMILES string of the molecule is COc1ccc(Cl)cc1CCC1C(c2ccc(NS(N)(=O)=O)cc2)C1(C)C. The Labute approximate surface area is 166 Å². The Morgan fingerprint density at radius 2 is 1.85 bits per heavy atom. The van der Waals surface area contributed by atoms with E-state index in [0.717, 1.165) is 29.2 Å². The second kappa shape index (κ2) is 7.34. The molecule has 1 saturated carbocycles. The summed E-state index contributed by atoms with van der Waals surface area (Å²) in [5.41, 5.74) is 3.00. The van der Waals surface area contributed by atoms with Crippen molar-refractivity contribution in [3.63, 3.8) is 0 Å². The molecule has 3 N–H and O–H groups in total. The molecule has 0 spiro atoms. The average Bonchev–Trinajstić information content (AvgIpc) is 3.13. The van der Waals surface area contributed by atoms with Gasteiger partial charge in [0.25, 0.3) is 10.2 Å². The lowest BCUT2D eigenvalue weighted by Crippen LogP contribution is -2.21. The monoisotopic (exact) mass is 408 g/mol. The van der Waals surface area contributed by atoms with Gasteiger partial charge in [0.15, 0.2) is 0 Å². The lowest BCUT2D eigenvalue weighted by atomic mass is 10.0. The summed E-state index contributed by atoms with van der Waals surface area (Å²) in [6.07, 6.45) is 1.94. The maximum atomic E-state index is 11.1. The number of benzene rings is 2. The zero-order valence-corrected chi connectivity index (χ0v) is 17.3. The molecular weight excluding hydrogens is 384 g/mol. The molecule has 1 fully saturated rings. The van der Waals surface area contributed by atoms with Crippen LogP contribution in [0.3, 0.4) is 0 Å². The molecule has 0 aromatic heterocycles. The Balaban J connectivity index is 1.69. The van der Waals surface area contributed by atoms with Gasteiger partial charge in [0, 0.05) is 10.7 Å². The normalized spacial score (nSPS) is 20.9.